The van der Waals surface area contributed by atoms with E-state index in [1.807, 2.05) is 7.05 Å². The van der Waals surface area contributed by atoms with E-state index in [1.165, 1.54) is 44.7 Å². The number of allylic oxidation sites excluding steroid dienone is 3. The molecular weight excluding hydrogens is 370 g/mol. The first-order valence-electron chi connectivity index (χ1n) is 10.1. The average Bonchev–Trinajstić information content (AvgIpc) is 2.98. The zero-order valence-corrected chi connectivity index (χ0v) is 17.6. The smallest absolute Gasteiger partial charge is 0.170 e. The minimum absolute atomic E-state index is 0.0918. The van der Waals surface area contributed by atoms with E-state index in [-0.39, 0.29) is 11.1 Å². The van der Waals surface area contributed by atoms with Crippen LogP contribution in [0, 0.1) is 11.6 Å². The summed E-state index contributed by atoms with van der Waals surface area (Å²) >= 11 is 0. The minimum Gasteiger partial charge on any atom is -0.370 e. The van der Waals surface area contributed by atoms with Gasteiger partial charge in [-0.1, -0.05) is 38.3 Å². The van der Waals surface area contributed by atoms with E-state index in [1.54, 1.807) is 19.1 Å². The normalized spacial score (nSPS) is 16.7. The molecule has 3 nitrogen and oxygen atoms in total. The van der Waals surface area contributed by atoms with Crippen LogP contribution in [0.5, 0.6) is 0 Å². The molecule has 0 bridgehead atoms. The third-order valence-electron chi connectivity index (χ3n) is 5.62. The Bertz CT molecular complexity index is 847. The summed E-state index contributed by atoms with van der Waals surface area (Å²) in [6, 6.07) is 3.12. The predicted octanol–water partition coefficient (Wildman–Crippen LogP) is 6.32. The predicted molar refractivity (Wildman–Crippen MR) is 116 cm³/mol. The topological polar surface area (TPSA) is 32.7 Å². The van der Waals surface area contributed by atoms with E-state index in [0.29, 0.717) is 17.3 Å². The van der Waals surface area contributed by atoms with Gasteiger partial charge in [0, 0.05) is 18.7 Å². The molecule has 0 radical (unpaired) electrons. The molecule has 0 aromatic heterocycles. The lowest BCUT2D eigenvalue weighted by Crippen LogP contribution is -2.30. The van der Waals surface area contributed by atoms with Crippen LogP contribution in [0.4, 0.5) is 8.78 Å². The van der Waals surface area contributed by atoms with Gasteiger partial charge in [-0.3, -0.25) is 9.79 Å². The Morgan fingerprint density at radius 2 is 1.66 bits per heavy atom. The largest absolute Gasteiger partial charge is 0.370 e. The van der Waals surface area contributed by atoms with Crippen molar-refractivity contribution in [3.8, 4) is 0 Å². The zero-order valence-electron chi connectivity index (χ0n) is 17.6. The van der Waals surface area contributed by atoms with Crippen molar-refractivity contribution in [3.63, 3.8) is 0 Å². The number of Topliss-reactive ketones (excluding diaryl/α,β-unsaturated/α-hetero) is 1. The van der Waals surface area contributed by atoms with Crippen molar-refractivity contribution in [2.75, 3.05) is 7.05 Å². The summed E-state index contributed by atoms with van der Waals surface area (Å²) in [6.07, 6.45) is 10.5. The van der Waals surface area contributed by atoms with Crippen LogP contribution in [-0.4, -0.2) is 30.5 Å². The number of likely N-dealkylation sites (N-methyl/N-ethyl adjacent to an activating group) is 1. The van der Waals surface area contributed by atoms with Crippen molar-refractivity contribution in [1.82, 2.24) is 4.90 Å². The molecule has 0 aliphatic heterocycles. The van der Waals surface area contributed by atoms with E-state index in [9.17, 15) is 13.6 Å². The number of benzene rings is 1. The van der Waals surface area contributed by atoms with Gasteiger partial charge in [0.15, 0.2) is 17.4 Å². The molecule has 0 atom stereocenters. The van der Waals surface area contributed by atoms with Gasteiger partial charge in [-0.2, -0.15) is 0 Å². The van der Waals surface area contributed by atoms with E-state index < -0.39 is 17.4 Å². The molecule has 0 N–H and O–H groups in total. The highest BCUT2D eigenvalue weighted by Crippen LogP contribution is 2.28. The third kappa shape index (κ3) is 5.28. The number of halogens is 2. The van der Waals surface area contributed by atoms with E-state index in [4.69, 9.17) is 0 Å². The highest BCUT2D eigenvalue weighted by atomic mass is 19.2. The third-order valence-corrected chi connectivity index (χ3v) is 5.62. The molecule has 1 saturated carbocycles. The zero-order chi connectivity index (χ0) is 21.6. The lowest BCUT2D eigenvalue weighted by molar-refractivity contribution is 0.101. The summed E-state index contributed by atoms with van der Waals surface area (Å²) in [5.74, 6) is -2.67. The van der Waals surface area contributed by atoms with Gasteiger partial charge in [0.1, 0.15) is 0 Å². The lowest BCUT2D eigenvalue weighted by Gasteiger charge is -2.30. The molecule has 2 rings (SSSR count). The number of nitrogens with zero attached hydrogens (tertiary/aromatic N) is 2. The first kappa shape index (κ1) is 22.7. The molecule has 5 heteroatoms. The Labute approximate surface area is 172 Å². The van der Waals surface area contributed by atoms with Crippen LogP contribution >= 0.6 is 0 Å². The fraction of sp³-hybridized carbons (Fsp3) is 0.417. The van der Waals surface area contributed by atoms with Crippen molar-refractivity contribution >= 4 is 18.1 Å². The van der Waals surface area contributed by atoms with Gasteiger partial charge in [-0.25, -0.2) is 8.78 Å². The molecule has 0 saturated heterocycles. The number of ketones is 1. The Morgan fingerprint density at radius 3 is 2.17 bits per heavy atom. The van der Waals surface area contributed by atoms with Crippen LogP contribution in [0.15, 0.2) is 47.3 Å². The Morgan fingerprint density at radius 1 is 1.10 bits per heavy atom. The summed E-state index contributed by atoms with van der Waals surface area (Å²) in [6.45, 7) is 10.5. The SMILES string of the molecule is C=C/C(=C(\C=C(/C)c1ccc(C(C)=O)c(F)c1F)N=C)N(C)C1CCCCCC1. The number of aliphatic imine (C=N–C) groups is 1. The molecule has 1 fully saturated rings. The Balaban J connectivity index is 2.44. The van der Waals surface area contributed by atoms with E-state index >= 15 is 0 Å². The molecule has 0 amide bonds. The van der Waals surface area contributed by atoms with Crippen molar-refractivity contribution < 1.29 is 13.6 Å². The number of rotatable bonds is 7. The van der Waals surface area contributed by atoms with Crippen molar-refractivity contribution in [3.05, 3.63) is 65.0 Å². The fourth-order valence-electron chi connectivity index (χ4n) is 3.88. The highest BCUT2D eigenvalue weighted by Gasteiger charge is 2.20. The van der Waals surface area contributed by atoms with Gasteiger partial charge in [0.05, 0.1) is 17.0 Å². The fourth-order valence-corrected chi connectivity index (χ4v) is 3.88. The van der Waals surface area contributed by atoms with Crippen molar-refractivity contribution in [2.45, 2.75) is 58.4 Å². The van der Waals surface area contributed by atoms with Crippen LogP contribution in [0.1, 0.15) is 68.3 Å². The summed E-state index contributed by atoms with van der Waals surface area (Å²) < 4.78 is 28.8. The van der Waals surface area contributed by atoms with Crippen LogP contribution in [0.2, 0.25) is 0 Å². The maximum absolute atomic E-state index is 14.5. The van der Waals surface area contributed by atoms with Crippen LogP contribution in [-0.2, 0) is 0 Å². The molecule has 29 heavy (non-hydrogen) atoms. The second kappa shape index (κ2) is 10.3. The first-order chi connectivity index (χ1) is 13.8. The van der Waals surface area contributed by atoms with E-state index in [2.05, 4.69) is 23.2 Å². The lowest BCUT2D eigenvalue weighted by atomic mass is 10.0. The molecule has 156 valence electrons. The van der Waals surface area contributed by atoms with E-state index in [0.717, 1.165) is 18.5 Å². The molecule has 1 aromatic carbocycles. The number of hydrogen-bond acceptors (Lipinski definition) is 3. The minimum atomic E-state index is -1.13. The van der Waals surface area contributed by atoms with Gasteiger partial charge in [-0.15, -0.1) is 0 Å². The molecular formula is C24H30F2N2O. The van der Waals surface area contributed by atoms with Crippen LogP contribution in [0.25, 0.3) is 5.57 Å². The highest BCUT2D eigenvalue weighted by molar-refractivity contribution is 5.94. The Hall–Kier alpha value is -2.56. The summed E-state index contributed by atoms with van der Waals surface area (Å²) in [7, 11) is 2.02. The second-order valence-corrected chi connectivity index (χ2v) is 7.56. The van der Waals surface area contributed by atoms with Gasteiger partial charge >= 0.3 is 0 Å². The van der Waals surface area contributed by atoms with Gasteiger partial charge in [0.2, 0.25) is 0 Å². The molecule has 0 heterocycles. The number of hydrogen-bond donors (Lipinski definition) is 0. The summed E-state index contributed by atoms with van der Waals surface area (Å²) in [5, 5.41) is 0. The van der Waals surface area contributed by atoms with Crippen molar-refractivity contribution in [1.29, 1.82) is 0 Å². The number of carbonyl (C=O) groups is 1. The van der Waals surface area contributed by atoms with Crippen LogP contribution < -0.4 is 0 Å². The second-order valence-electron chi connectivity index (χ2n) is 7.56. The monoisotopic (exact) mass is 400 g/mol. The maximum atomic E-state index is 14.5. The number of carbonyl (C=O) groups excluding carboxylic acids is 1. The summed E-state index contributed by atoms with van der Waals surface area (Å²) in [4.78, 5) is 17.7. The molecule has 0 spiro atoms. The molecule has 1 aromatic rings. The van der Waals surface area contributed by atoms with Gasteiger partial charge in [0.25, 0.3) is 0 Å². The first-order valence-corrected chi connectivity index (χ1v) is 10.1. The molecule has 0 unspecified atom stereocenters. The van der Waals surface area contributed by atoms with Gasteiger partial charge in [-0.05, 0) is 57.2 Å². The molecule has 1 aliphatic rings. The standard InChI is InChI=1S/C24H30F2N2O/c1-6-22(28(5)18-11-9-7-8-10-12-18)21(27-4)15-16(2)19-13-14-20(17(3)29)24(26)23(19)25/h6,13-15,18H,1,4,7-12H2,2-3,5H3/b16-15+,22-21-. The van der Waals surface area contributed by atoms with Gasteiger partial charge < -0.3 is 4.90 Å². The maximum Gasteiger partial charge on any atom is 0.170 e. The Kier molecular flexibility index (Phi) is 8.06. The van der Waals surface area contributed by atoms with Crippen LogP contribution in [0.3, 0.4) is 0 Å². The summed E-state index contributed by atoms with van der Waals surface area (Å²) in [5.41, 5.74) is 1.70. The van der Waals surface area contributed by atoms with Crippen molar-refractivity contribution in [2.24, 2.45) is 4.99 Å². The molecule has 1 aliphatic carbocycles. The average molecular weight is 401 g/mol. The quantitative estimate of drug-likeness (QED) is 0.232.